The van der Waals surface area contributed by atoms with Crippen LogP contribution in [0.25, 0.3) is 0 Å². The maximum atomic E-state index is 13.4. The molecule has 6 heteroatoms. The molecule has 0 spiro atoms. The van der Waals surface area contributed by atoms with Gasteiger partial charge in [0.2, 0.25) is 0 Å². The van der Waals surface area contributed by atoms with Crippen molar-refractivity contribution in [3.63, 3.8) is 0 Å². The number of aliphatic hydroxyl groups excluding tert-OH is 1. The molecule has 126 valence electrons. The van der Waals surface area contributed by atoms with Crippen LogP contribution >= 0.6 is 0 Å². The van der Waals surface area contributed by atoms with Crippen molar-refractivity contribution in [3.05, 3.63) is 35.4 Å². The first kappa shape index (κ1) is 16.3. The summed E-state index contributed by atoms with van der Waals surface area (Å²) in [6.45, 7) is 1.99. The largest absolute Gasteiger partial charge is 0.390 e. The molecule has 1 aliphatic carbocycles. The first-order valence-corrected chi connectivity index (χ1v) is 8.08. The number of hydrogen-bond acceptors (Lipinski definition) is 3. The molecule has 0 unspecified atom stereocenters. The summed E-state index contributed by atoms with van der Waals surface area (Å²) in [6, 6.07) is 3.31. The number of hydrogen-bond donors (Lipinski definition) is 1. The van der Waals surface area contributed by atoms with Crippen LogP contribution in [-0.4, -0.2) is 59.6 Å². The lowest BCUT2D eigenvalue weighted by atomic mass is 9.78. The fourth-order valence-electron chi connectivity index (χ4n) is 3.35. The van der Waals surface area contributed by atoms with Gasteiger partial charge in [0, 0.05) is 38.3 Å². The van der Waals surface area contributed by atoms with Crippen molar-refractivity contribution in [1.82, 2.24) is 9.80 Å². The zero-order valence-electron chi connectivity index (χ0n) is 13.2. The van der Waals surface area contributed by atoms with E-state index in [1.165, 1.54) is 6.07 Å². The fourth-order valence-corrected chi connectivity index (χ4v) is 3.35. The van der Waals surface area contributed by atoms with Crippen LogP contribution in [0, 0.1) is 17.6 Å². The van der Waals surface area contributed by atoms with Gasteiger partial charge in [-0.15, -0.1) is 0 Å². The molecule has 3 rings (SSSR count). The Morgan fingerprint density at radius 2 is 2.04 bits per heavy atom. The van der Waals surface area contributed by atoms with E-state index in [4.69, 9.17) is 0 Å². The Labute approximate surface area is 134 Å². The normalized spacial score (nSPS) is 20.7. The van der Waals surface area contributed by atoms with Crippen LogP contribution in [0.3, 0.4) is 0 Å². The third kappa shape index (κ3) is 3.38. The maximum absolute atomic E-state index is 13.4. The SMILES string of the molecule is CN(C(=O)c1ccc(F)c(F)c1)[C@H](CN1CC(O)C1)C1CCC1. The Morgan fingerprint density at radius 1 is 1.35 bits per heavy atom. The average Bonchev–Trinajstić information content (AvgIpc) is 2.44. The third-order valence-electron chi connectivity index (χ3n) is 5.06. The van der Waals surface area contributed by atoms with Crippen LogP contribution in [-0.2, 0) is 0 Å². The van der Waals surface area contributed by atoms with Crippen LogP contribution < -0.4 is 0 Å². The second-order valence-electron chi connectivity index (χ2n) is 6.68. The zero-order chi connectivity index (χ0) is 16.6. The zero-order valence-corrected chi connectivity index (χ0v) is 13.2. The molecule has 1 saturated heterocycles. The van der Waals surface area contributed by atoms with E-state index in [0.29, 0.717) is 25.6 Å². The summed E-state index contributed by atoms with van der Waals surface area (Å²) in [5.74, 6) is -1.81. The quantitative estimate of drug-likeness (QED) is 0.899. The molecule has 1 heterocycles. The monoisotopic (exact) mass is 324 g/mol. The van der Waals surface area contributed by atoms with Crippen LogP contribution in [0.1, 0.15) is 29.6 Å². The Hall–Kier alpha value is -1.53. The maximum Gasteiger partial charge on any atom is 0.254 e. The first-order valence-electron chi connectivity index (χ1n) is 8.08. The highest BCUT2D eigenvalue weighted by atomic mass is 19.2. The third-order valence-corrected chi connectivity index (χ3v) is 5.06. The number of aliphatic hydroxyl groups is 1. The minimum atomic E-state index is -1.00. The van der Waals surface area contributed by atoms with Crippen molar-refractivity contribution in [3.8, 4) is 0 Å². The van der Waals surface area contributed by atoms with E-state index in [9.17, 15) is 18.7 Å². The topological polar surface area (TPSA) is 43.8 Å². The average molecular weight is 324 g/mol. The van der Waals surface area contributed by atoms with Crippen molar-refractivity contribution in [2.45, 2.75) is 31.4 Å². The molecule has 0 aromatic heterocycles. The number of likely N-dealkylation sites (N-methyl/N-ethyl adjacent to an activating group) is 1. The number of carbonyl (C=O) groups is 1. The second kappa shape index (κ2) is 6.53. The second-order valence-corrected chi connectivity index (χ2v) is 6.68. The van der Waals surface area contributed by atoms with Gasteiger partial charge in [0.05, 0.1) is 6.10 Å². The smallest absolute Gasteiger partial charge is 0.254 e. The lowest BCUT2D eigenvalue weighted by Gasteiger charge is -2.45. The van der Waals surface area contributed by atoms with Crippen molar-refractivity contribution < 1.29 is 18.7 Å². The molecule has 1 aliphatic heterocycles. The molecule has 2 fully saturated rings. The van der Waals surface area contributed by atoms with Crippen LogP contribution in [0.2, 0.25) is 0 Å². The van der Waals surface area contributed by atoms with E-state index < -0.39 is 11.6 Å². The summed E-state index contributed by atoms with van der Waals surface area (Å²) < 4.78 is 26.4. The minimum Gasteiger partial charge on any atom is -0.390 e. The van der Waals surface area contributed by atoms with Gasteiger partial charge >= 0.3 is 0 Å². The molecule has 1 saturated carbocycles. The number of β-amino-alcohol motifs (C(OH)–C–C–N with tert-alkyl or cyclic N) is 1. The van der Waals surface area contributed by atoms with Crippen LogP contribution in [0.5, 0.6) is 0 Å². The molecule has 1 aromatic carbocycles. The lowest BCUT2D eigenvalue weighted by molar-refractivity contribution is -0.0223. The van der Waals surface area contributed by atoms with Gasteiger partial charge in [-0.2, -0.15) is 0 Å². The highest BCUT2D eigenvalue weighted by Crippen LogP contribution is 2.33. The molecule has 4 nitrogen and oxygen atoms in total. The van der Waals surface area contributed by atoms with Crippen LogP contribution in [0.15, 0.2) is 18.2 Å². The van der Waals surface area contributed by atoms with E-state index in [0.717, 1.165) is 31.4 Å². The summed E-state index contributed by atoms with van der Waals surface area (Å²) in [7, 11) is 1.72. The molecular weight excluding hydrogens is 302 g/mol. The van der Waals surface area contributed by atoms with Gasteiger partial charge in [0.1, 0.15) is 0 Å². The Bertz CT molecular complexity index is 586. The van der Waals surface area contributed by atoms with Crippen molar-refractivity contribution >= 4 is 5.91 Å². The molecule has 1 amide bonds. The Kier molecular flexibility index (Phi) is 4.64. The van der Waals surface area contributed by atoms with Gasteiger partial charge in [-0.25, -0.2) is 8.78 Å². The molecule has 0 radical (unpaired) electrons. The summed E-state index contributed by atoms with van der Waals surface area (Å²) in [4.78, 5) is 16.4. The molecule has 2 aliphatic rings. The molecule has 1 N–H and O–H groups in total. The number of rotatable bonds is 5. The molecule has 1 aromatic rings. The van der Waals surface area contributed by atoms with Gasteiger partial charge in [0.15, 0.2) is 11.6 Å². The van der Waals surface area contributed by atoms with Gasteiger partial charge in [-0.3, -0.25) is 9.69 Å². The number of benzene rings is 1. The first-order chi connectivity index (χ1) is 11.0. The predicted octanol–water partition coefficient (Wildman–Crippen LogP) is 1.88. The molecule has 1 atom stereocenters. The summed E-state index contributed by atoms with van der Waals surface area (Å²) >= 11 is 0. The van der Waals surface area contributed by atoms with Crippen molar-refractivity contribution in [1.29, 1.82) is 0 Å². The predicted molar refractivity (Wildman–Crippen MR) is 82.0 cm³/mol. The Morgan fingerprint density at radius 3 is 2.57 bits per heavy atom. The van der Waals surface area contributed by atoms with E-state index in [-0.39, 0.29) is 23.6 Å². The summed E-state index contributed by atoms with van der Waals surface area (Å²) in [5.41, 5.74) is 0.166. The van der Waals surface area contributed by atoms with Gasteiger partial charge < -0.3 is 10.0 Å². The minimum absolute atomic E-state index is 0.0388. The lowest BCUT2D eigenvalue weighted by Crippen LogP contribution is -2.58. The van der Waals surface area contributed by atoms with E-state index in [1.54, 1.807) is 11.9 Å². The van der Waals surface area contributed by atoms with Crippen molar-refractivity contribution in [2.24, 2.45) is 5.92 Å². The fraction of sp³-hybridized carbons (Fsp3) is 0.588. The van der Waals surface area contributed by atoms with E-state index in [1.807, 2.05) is 0 Å². The number of carbonyl (C=O) groups excluding carboxylic acids is 1. The highest BCUT2D eigenvalue weighted by molar-refractivity contribution is 5.94. The number of amides is 1. The highest BCUT2D eigenvalue weighted by Gasteiger charge is 2.36. The van der Waals surface area contributed by atoms with Crippen molar-refractivity contribution in [2.75, 3.05) is 26.7 Å². The summed E-state index contributed by atoms with van der Waals surface area (Å²) in [5, 5.41) is 9.42. The number of likely N-dealkylation sites (tertiary alicyclic amines) is 1. The van der Waals surface area contributed by atoms with E-state index in [2.05, 4.69) is 4.90 Å². The van der Waals surface area contributed by atoms with Gasteiger partial charge in [0.25, 0.3) is 5.91 Å². The van der Waals surface area contributed by atoms with Gasteiger partial charge in [-0.05, 0) is 37.0 Å². The van der Waals surface area contributed by atoms with Gasteiger partial charge in [-0.1, -0.05) is 6.42 Å². The molecule has 23 heavy (non-hydrogen) atoms. The standard InChI is InChI=1S/C17H22F2N2O2/c1-20(17(23)12-5-6-14(18)15(19)7-12)16(11-3-2-4-11)10-21-8-13(22)9-21/h5-7,11,13,16,22H,2-4,8-10H2,1H3/t16-/m1/s1. The number of nitrogens with zero attached hydrogens (tertiary/aromatic N) is 2. The van der Waals surface area contributed by atoms with Crippen LogP contribution in [0.4, 0.5) is 8.78 Å². The Balaban J connectivity index is 1.72. The molecular formula is C17H22F2N2O2. The summed E-state index contributed by atoms with van der Waals surface area (Å²) in [6.07, 6.45) is 3.05. The molecule has 0 bridgehead atoms. The number of halogens is 2. The van der Waals surface area contributed by atoms with E-state index >= 15 is 0 Å².